The lowest BCUT2D eigenvalue weighted by atomic mass is 9.98. The third-order valence-electron chi connectivity index (χ3n) is 8.98. The molecule has 1 aliphatic heterocycles. The number of benzene rings is 4. The number of halogens is 2. The van der Waals surface area contributed by atoms with Crippen molar-refractivity contribution in [2.75, 3.05) is 13.2 Å². The number of ether oxygens (including phenoxy) is 3. The molecule has 0 spiro atoms. The first-order valence-corrected chi connectivity index (χ1v) is 16.2. The molecular weight excluding hydrogens is 617 g/mol. The molecule has 3 heterocycles. The molecule has 240 valence electrons. The average molecular weight is 652 g/mol. The normalized spacial score (nSPS) is 12.9. The summed E-state index contributed by atoms with van der Waals surface area (Å²) in [6.45, 7) is 5.63. The van der Waals surface area contributed by atoms with Gasteiger partial charge < -0.3 is 18.8 Å². The van der Waals surface area contributed by atoms with Gasteiger partial charge in [-0.1, -0.05) is 54.1 Å². The maximum atomic E-state index is 13.9. The van der Waals surface area contributed by atoms with E-state index in [1.54, 1.807) is 6.07 Å². The number of nitrogens with zero attached hydrogens (tertiary/aromatic N) is 3. The van der Waals surface area contributed by atoms with E-state index in [-0.39, 0.29) is 18.4 Å². The van der Waals surface area contributed by atoms with E-state index in [2.05, 4.69) is 16.7 Å². The van der Waals surface area contributed by atoms with Gasteiger partial charge in [0.05, 0.1) is 42.7 Å². The number of aryl methyl sites for hydroxylation is 2. The summed E-state index contributed by atoms with van der Waals surface area (Å²) in [4.78, 5) is 13.9. The monoisotopic (exact) mass is 651 g/mol. The number of carbonyl (C=O) groups is 1. The largest absolute Gasteiger partial charge is 0.493 e. The molecule has 9 heteroatoms. The van der Waals surface area contributed by atoms with Crippen molar-refractivity contribution in [3.05, 3.63) is 117 Å². The second-order valence-corrected chi connectivity index (χ2v) is 12.2. The van der Waals surface area contributed by atoms with E-state index in [0.29, 0.717) is 55.7 Å². The van der Waals surface area contributed by atoms with Crippen molar-refractivity contribution in [3.63, 3.8) is 0 Å². The topological polar surface area (TPSA) is 67.5 Å². The second-order valence-electron chi connectivity index (χ2n) is 11.8. The fraction of sp³-hybridized carbons (Fsp3) is 0.263. The molecule has 0 amide bonds. The first-order valence-electron chi connectivity index (χ1n) is 15.8. The molecule has 0 aliphatic carbocycles. The summed E-state index contributed by atoms with van der Waals surface area (Å²) in [7, 11) is 1.92. The molecule has 7 nitrogen and oxygen atoms in total. The Morgan fingerprint density at radius 3 is 2.64 bits per heavy atom. The van der Waals surface area contributed by atoms with E-state index in [0.717, 1.165) is 60.9 Å². The summed E-state index contributed by atoms with van der Waals surface area (Å²) < 4.78 is 35.9. The number of hydrogen-bond acceptors (Lipinski definition) is 5. The van der Waals surface area contributed by atoms with Crippen molar-refractivity contribution in [1.82, 2.24) is 14.3 Å². The molecule has 0 unspecified atom stereocenters. The predicted molar refractivity (Wildman–Crippen MR) is 182 cm³/mol. The smallest absolute Gasteiger partial charge is 0.355 e. The fourth-order valence-corrected chi connectivity index (χ4v) is 6.99. The van der Waals surface area contributed by atoms with Crippen molar-refractivity contribution in [2.24, 2.45) is 7.05 Å². The Labute approximate surface area is 277 Å². The molecule has 0 N–H and O–H groups in total. The van der Waals surface area contributed by atoms with E-state index >= 15 is 0 Å². The predicted octanol–water partition coefficient (Wildman–Crippen LogP) is 8.56. The fourth-order valence-electron chi connectivity index (χ4n) is 6.74. The molecule has 4 aromatic carbocycles. The van der Waals surface area contributed by atoms with E-state index in [1.807, 2.05) is 68.0 Å². The number of rotatable bonds is 7. The highest BCUT2D eigenvalue weighted by molar-refractivity contribution is 6.35. The summed E-state index contributed by atoms with van der Waals surface area (Å²) in [6.07, 6.45) is 1.18. The first-order chi connectivity index (χ1) is 22.9. The third kappa shape index (κ3) is 5.66. The molecule has 1 aliphatic rings. The Bertz CT molecular complexity index is 2150. The van der Waals surface area contributed by atoms with E-state index in [4.69, 9.17) is 30.9 Å². The summed E-state index contributed by atoms with van der Waals surface area (Å²) in [5.41, 5.74) is 7.79. The summed E-state index contributed by atoms with van der Waals surface area (Å²) >= 11 is 7.08. The van der Waals surface area contributed by atoms with Crippen LogP contribution >= 0.6 is 11.6 Å². The van der Waals surface area contributed by atoms with Crippen molar-refractivity contribution in [2.45, 2.75) is 46.4 Å². The van der Waals surface area contributed by atoms with Crippen molar-refractivity contribution >= 4 is 39.2 Å². The summed E-state index contributed by atoms with van der Waals surface area (Å²) in [5, 5.41) is 7.95. The molecular formula is C38H35ClFN3O4. The zero-order valence-electron chi connectivity index (χ0n) is 26.6. The SMILES string of the molecule is CCOC(=O)c1c(CCCOc2cccc3cc(F)ccc23)c2ccc(Cl)c3c2n1Cc1ccccc1COCc1nn(C)c(C)c1-3. The van der Waals surface area contributed by atoms with Crippen LogP contribution in [0.15, 0.2) is 72.8 Å². The highest BCUT2D eigenvalue weighted by Gasteiger charge is 2.30. The lowest BCUT2D eigenvalue weighted by Gasteiger charge is -2.16. The molecule has 7 rings (SSSR count). The van der Waals surface area contributed by atoms with Crippen LogP contribution in [0.25, 0.3) is 32.8 Å². The van der Waals surface area contributed by atoms with Gasteiger partial charge in [-0.2, -0.15) is 5.10 Å². The van der Waals surface area contributed by atoms with Gasteiger partial charge in [0.15, 0.2) is 0 Å². The van der Waals surface area contributed by atoms with Gasteiger partial charge in [-0.05, 0) is 79.1 Å². The van der Waals surface area contributed by atoms with E-state index < -0.39 is 0 Å². The zero-order valence-corrected chi connectivity index (χ0v) is 27.4. The number of hydrogen-bond donors (Lipinski definition) is 0. The minimum atomic E-state index is -0.385. The van der Waals surface area contributed by atoms with Crippen LogP contribution in [0.4, 0.5) is 4.39 Å². The van der Waals surface area contributed by atoms with Crippen LogP contribution in [0.5, 0.6) is 5.75 Å². The van der Waals surface area contributed by atoms with Crippen LogP contribution in [-0.2, 0) is 42.7 Å². The molecule has 0 atom stereocenters. The number of esters is 1. The van der Waals surface area contributed by atoms with Crippen molar-refractivity contribution in [1.29, 1.82) is 0 Å². The van der Waals surface area contributed by atoms with Crippen LogP contribution in [0.3, 0.4) is 0 Å². The Morgan fingerprint density at radius 2 is 1.81 bits per heavy atom. The summed E-state index contributed by atoms with van der Waals surface area (Å²) in [6, 6.07) is 22.3. The highest BCUT2D eigenvalue weighted by atomic mass is 35.5. The number of carbonyl (C=O) groups excluding carboxylic acids is 1. The van der Waals surface area contributed by atoms with Crippen LogP contribution in [0, 0.1) is 12.7 Å². The van der Waals surface area contributed by atoms with Crippen LogP contribution < -0.4 is 4.74 Å². The molecule has 0 radical (unpaired) electrons. The highest BCUT2D eigenvalue weighted by Crippen LogP contribution is 2.43. The van der Waals surface area contributed by atoms with Crippen LogP contribution in [0.1, 0.15) is 51.9 Å². The first kappa shape index (κ1) is 31.0. The van der Waals surface area contributed by atoms with Gasteiger partial charge in [-0.3, -0.25) is 4.68 Å². The van der Waals surface area contributed by atoms with Gasteiger partial charge in [-0.25, -0.2) is 9.18 Å². The molecule has 0 bridgehead atoms. The Hall–Kier alpha value is -4.66. The van der Waals surface area contributed by atoms with Crippen molar-refractivity contribution < 1.29 is 23.4 Å². The quantitative estimate of drug-likeness (QED) is 0.128. The lowest BCUT2D eigenvalue weighted by Crippen LogP contribution is -2.16. The van der Waals surface area contributed by atoms with Gasteiger partial charge in [0.25, 0.3) is 0 Å². The van der Waals surface area contributed by atoms with Gasteiger partial charge in [0.2, 0.25) is 0 Å². The minimum absolute atomic E-state index is 0.245. The minimum Gasteiger partial charge on any atom is -0.493 e. The third-order valence-corrected chi connectivity index (χ3v) is 9.29. The maximum absolute atomic E-state index is 13.9. The number of fused-ring (bicyclic) bond motifs is 4. The molecule has 0 saturated heterocycles. The molecule has 0 saturated carbocycles. The van der Waals surface area contributed by atoms with Gasteiger partial charge in [0.1, 0.15) is 17.3 Å². The summed E-state index contributed by atoms with van der Waals surface area (Å²) in [5.74, 6) is 0.0220. The van der Waals surface area contributed by atoms with Gasteiger partial charge in [0, 0.05) is 41.2 Å². The van der Waals surface area contributed by atoms with Crippen molar-refractivity contribution in [3.8, 4) is 16.9 Å². The van der Waals surface area contributed by atoms with Crippen LogP contribution in [0.2, 0.25) is 5.02 Å². The number of aromatic nitrogens is 3. The van der Waals surface area contributed by atoms with E-state index in [1.165, 1.54) is 12.1 Å². The maximum Gasteiger partial charge on any atom is 0.355 e. The standard InChI is InChI=1S/C38H35ClFN3O4/c1-4-46-38(44)37-29(12-8-18-47-33-13-7-11-24-19-27(40)14-15-28(24)33)30-16-17-31(39)35-34-23(2)42(3)41-32(34)22-45-21-26-10-6-5-9-25(26)20-43(37)36(30)35/h5-7,9-11,13-17,19H,4,8,12,18,20-22H2,1-3H3. The molecule has 2 aromatic heterocycles. The molecule has 6 aromatic rings. The Kier molecular flexibility index (Phi) is 8.47. The molecule has 0 fully saturated rings. The lowest BCUT2D eigenvalue weighted by molar-refractivity contribution is 0.0513. The van der Waals surface area contributed by atoms with Gasteiger partial charge >= 0.3 is 5.97 Å². The Morgan fingerprint density at radius 1 is 1.00 bits per heavy atom. The zero-order chi connectivity index (χ0) is 32.7. The molecule has 47 heavy (non-hydrogen) atoms. The average Bonchev–Trinajstić information content (AvgIpc) is 3.51. The Balaban J connectivity index is 1.37. The second kappa shape index (κ2) is 12.9. The van der Waals surface area contributed by atoms with Crippen LogP contribution in [-0.4, -0.2) is 33.5 Å². The van der Waals surface area contributed by atoms with Gasteiger partial charge in [-0.15, -0.1) is 0 Å². The van der Waals surface area contributed by atoms with E-state index in [9.17, 15) is 9.18 Å².